The van der Waals surface area contributed by atoms with Crippen LogP contribution in [-0.4, -0.2) is 20.1 Å². The minimum atomic E-state index is -3.36. The molecule has 0 spiro atoms. The van der Waals surface area contributed by atoms with Crippen molar-refractivity contribution in [3.63, 3.8) is 0 Å². The van der Waals surface area contributed by atoms with Gasteiger partial charge in [-0.2, -0.15) is 0 Å². The van der Waals surface area contributed by atoms with Crippen molar-refractivity contribution in [2.45, 2.75) is 32.6 Å². The lowest BCUT2D eigenvalue weighted by molar-refractivity contribution is -0.117. The Morgan fingerprint density at radius 1 is 1.38 bits per heavy atom. The summed E-state index contributed by atoms with van der Waals surface area (Å²) in [6, 6.07) is 0. The van der Waals surface area contributed by atoms with E-state index in [4.69, 9.17) is 0 Å². The summed E-state index contributed by atoms with van der Waals surface area (Å²) in [5, 5.41) is 0. The average Bonchev–Trinajstić information content (AvgIpc) is 2.34. The van der Waals surface area contributed by atoms with Crippen molar-refractivity contribution in [2.75, 3.05) is 5.75 Å². The van der Waals surface area contributed by atoms with Crippen LogP contribution in [0.1, 0.15) is 32.6 Å². The third-order valence-electron chi connectivity index (χ3n) is 2.23. The molecule has 1 fully saturated rings. The van der Waals surface area contributed by atoms with Crippen molar-refractivity contribution in [3.05, 3.63) is 0 Å². The minimum absolute atomic E-state index is 0.104. The third-order valence-corrected chi connectivity index (χ3v) is 3.74. The van der Waals surface area contributed by atoms with Crippen molar-refractivity contribution in [1.29, 1.82) is 0 Å². The Bertz CT molecular complexity index is 278. The average molecular weight is 205 g/mol. The van der Waals surface area contributed by atoms with Crippen molar-refractivity contribution >= 4 is 15.9 Å². The summed E-state index contributed by atoms with van der Waals surface area (Å²) in [7, 11) is -3.36. The number of rotatable bonds is 3. The molecule has 0 aliphatic heterocycles. The number of hydrogen-bond acceptors (Lipinski definition) is 3. The van der Waals surface area contributed by atoms with E-state index in [-0.39, 0.29) is 11.7 Å². The fraction of sp³-hybridized carbons (Fsp3) is 0.875. The first-order valence-corrected chi connectivity index (χ1v) is 6.16. The number of amides is 1. The van der Waals surface area contributed by atoms with Crippen LogP contribution in [-0.2, 0) is 14.8 Å². The Labute approximate surface area is 78.8 Å². The molecule has 13 heavy (non-hydrogen) atoms. The fourth-order valence-corrected chi connectivity index (χ4v) is 3.22. The molecule has 1 amide bonds. The van der Waals surface area contributed by atoms with Gasteiger partial charge in [0.2, 0.25) is 15.9 Å². The molecule has 0 bridgehead atoms. The first kappa shape index (κ1) is 10.5. The summed E-state index contributed by atoms with van der Waals surface area (Å²) < 4.78 is 24.5. The lowest BCUT2D eigenvalue weighted by Crippen LogP contribution is -2.32. The molecule has 0 aromatic heterocycles. The first-order valence-electron chi connectivity index (χ1n) is 4.51. The highest BCUT2D eigenvalue weighted by Gasteiger charge is 2.22. The second kappa shape index (κ2) is 4.09. The molecule has 0 unspecified atom stereocenters. The molecule has 0 radical (unpaired) electrons. The van der Waals surface area contributed by atoms with E-state index in [0.717, 1.165) is 25.7 Å². The lowest BCUT2D eigenvalue weighted by atomic mass is 10.1. The van der Waals surface area contributed by atoms with Crippen molar-refractivity contribution in [2.24, 2.45) is 5.92 Å². The summed E-state index contributed by atoms with van der Waals surface area (Å²) in [6.07, 6.45) is 4.16. The molecule has 4 nitrogen and oxygen atoms in total. The van der Waals surface area contributed by atoms with Gasteiger partial charge in [0.25, 0.3) is 0 Å². The molecule has 0 atom stereocenters. The Kier molecular flexibility index (Phi) is 3.30. The summed E-state index contributed by atoms with van der Waals surface area (Å²) in [5.74, 6) is -0.151. The van der Waals surface area contributed by atoms with Crippen LogP contribution in [0.5, 0.6) is 0 Å². The maximum atomic E-state index is 11.3. The van der Waals surface area contributed by atoms with Crippen LogP contribution in [0.3, 0.4) is 0 Å². The number of sulfonamides is 1. The van der Waals surface area contributed by atoms with Crippen LogP contribution in [0, 0.1) is 5.92 Å². The zero-order chi connectivity index (χ0) is 9.90. The zero-order valence-electron chi connectivity index (χ0n) is 7.75. The molecule has 0 aromatic rings. The van der Waals surface area contributed by atoms with E-state index in [0.29, 0.717) is 0 Å². The Morgan fingerprint density at radius 2 is 1.92 bits per heavy atom. The minimum Gasteiger partial charge on any atom is -0.274 e. The van der Waals surface area contributed by atoms with Gasteiger partial charge in [-0.1, -0.05) is 12.8 Å². The maximum absolute atomic E-state index is 11.3. The van der Waals surface area contributed by atoms with Crippen LogP contribution < -0.4 is 4.72 Å². The van der Waals surface area contributed by atoms with E-state index in [2.05, 4.69) is 0 Å². The van der Waals surface area contributed by atoms with E-state index < -0.39 is 15.9 Å². The number of carbonyl (C=O) groups is 1. The quantitative estimate of drug-likeness (QED) is 0.735. The molecular weight excluding hydrogens is 190 g/mol. The lowest BCUT2D eigenvalue weighted by Gasteiger charge is -2.09. The Hall–Kier alpha value is -0.580. The molecule has 76 valence electrons. The largest absolute Gasteiger partial charge is 0.274 e. The molecule has 0 saturated heterocycles. The fourth-order valence-electron chi connectivity index (χ4n) is 1.75. The van der Waals surface area contributed by atoms with E-state index in [1.54, 1.807) is 0 Å². The highest BCUT2D eigenvalue weighted by molar-refractivity contribution is 7.90. The summed E-state index contributed by atoms with van der Waals surface area (Å²) in [6.45, 7) is 1.21. The van der Waals surface area contributed by atoms with Gasteiger partial charge in [0.1, 0.15) is 0 Å². The van der Waals surface area contributed by atoms with Gasteiger partial charge in [0.05, 0.1) is 5.75 Å². The van der Waals surface area contributed by atoms with E-state index >= 15 is 0 Å². The van der Waals surface area contributed by atoms with Gasteiger partial charge >= 0.3 is 0 Å². The van der Waals surface area contributed by atoms with Gasteiger partial charge in [-0.25, -0.2) is 8.42 Å². The maximum Gasteiger partial charge on any atom is 0.235 e. The molecule has 1 rings (SSSR count). The molecule has 1 aliphatic carbocycles. The molecule has 0 aromatic carbocycles. The van der Waals surface area contributed by atoms with Crippen LogP contribution >= 0.6 is 0 Å². The van der Waals surface area contributed by atoms with Crippen molar-refractivity contribution in [1.82, 2.24) is 4.72 Å². The van der Waals surface area contributed by atoms with E-state index in [9.17, 15) is 13.2 Å². The van der Waals surface area contributed by atoms with Crippen LogP contribution in [0.2, 0.25) is 0 Å². The molecular formula is C8H15NO3S. The molecule has 1 aliphatic rings. The monoisotopic (exact) mass is 205 g/mol. The highest BCUT2D eigenvalue weighted by atomic mass is 32.2. The van der Waals surface area contributed by atoms with Gasteiger partial charge in [0.15, 0.2) is 0 Å². The SMILES string of the molecule is CC(=O)NS(=O)(=O)CC1CCCC1. The molecule has 1 N–H and O–H groups in total. The second-order valence-corrected chi connectivity index (χ2v) is 5.36. The highest BCUT2D eigenvalue weighted by Crippen LogP contribution is 2.25. The molecule has 5 heteroatoms. The van der Waals surface area contributed by atoms with E-state index in [1.165, 1.54) is 6.92 Å². The number of hydrogen-bond donors (Lipinski definition) is 1. The van der Waals surface area contributed by atoms with Crippen molar-refractivity contribution in [3.8, 4) is 0 Å². The van der Waals surface area contributed by atoms with Crippen LogP contribution in [0.15, 0.2) is 0 Å². The van der Waals surface area contributed by atoms with Gasteiger partial charge < -0.3 is 0 Å². The summed E-state index contributed by atoms with van der Waals surface area (Å²) in [5.41, 5.74) is 0. The van der Waals surface area contributed by atoms with Crippen LogP contribution in [0.25, 0.3) is 0 Å². The van der Waals surface area contributed by atoms with Gasteiger partial charge in [-0.05, 0) is 18.8 Å². The smallest absolute Gasteiger partial charge is 0.235 e. The Morgan fingerprint density at radius 3 is 2.38 bits per heavy atom. The topological polar surface area (TPSA) is 63.2 Å². The predicted molar refractivity (Wildman–Crippen MR) is 49.6 cm³/mol. The predicted octanol–water partition coefficient (Wildman–Crippen LogP) is 0.642. The molecule has 1 saturated carbocycles. The van der Waals surface area contributed by atoms with Crippen molar-refractivity contribution < 1.29 is 13.2 Å². The normalized spacial score (nSPS) is 18.8. The van der Waals surface area contributed by atoms with Crippen LogP contribution in [0.4, 0.5) is 0 Å². The third kappa shape index (κ3) is 3.76. The number of nitrogens with one attached hydrogen (secondary N) is 1. The molecule has 0 heterocycles. The van der Waals surface area contributed by atoms with Gasteiger partial charge in [-0.3, -0.25) is 9.52 Å². The Balaban J connectivity index is 2.46. The standard InChI is InChI=1S/C8H15NO3S/c1-7(10)9-13(11,12)6-8-4-2-3-5-8/h8H,2-6H2,1H3,(H,9,10). The summed E-state index contributed by atoms with van der Waals surface area (Å²) >= 11 is 0. The zero-order valence-corrected chi connectivity index (χ0v) is 8.56. The van der Waals surface area contributed by atoms with E-state index in [1.807, 2.05) is 4.72 Å². The van der Waals surface area contributed by atoms with Gasteiger partial charge in [-0.15, -0.1) is 0 Å². The van der Waals surface area contributed by atoms with Gasteiger partial charge in [0, 0.05) is 6.92 Å². The first-order chi connectivity index (χ1) is 5.99. The summed E-state index contributed by atoms with van der Waals surface area (Å²) in [4.78, 5) is 10.5. The number of carbonyl (C=O) groups excluding carboxylic acids is 1. The second-order valence-electron chi connectivity index (χ2n) is 3.59.